The van der Waals surface area contributed by atoms with Crippen molar-refractivity contribution in [2.24, 2.45) is 5.73 Å². The molecule has 0 atom stereocenters. The van der Waals surface area contributed by atoms with Gasteiger partial charge in [-0.25, -0.2) is 0 Å². The Balaban J connectivity index is 2.14. The number of furan rings is 1. The lowest BCUT2D eigenvalue weighted by molar-refractivity contribution is 0.578. The second kappa shape index (κ2) is 3.77. The minimum atomic E-state index is 0.0968. The lowest BCUT2D eigenvalue weighted by Gasteiger charge is -2.03. The van der Waals surface area contributed by atoms with Gasteiger partial charge < -0.3 is 10.2 Å². The number of hydrogen-bond donors (Lipinski definition) is 2. The average molecular weight is 226 g/mol. The van der Waals surface area contributed by atoms with Crippen LogP contribution in [-0.2, 0) is 0 Å². The van der Waals surface area contributed by atoms with Crippen LogP contribution in [0, 0.1) is 5.41 Å². The molecule has 17 heavy (non-hydrogen) atoms. The van der Waals surface area contributed by atoms with Gasteiger partial charge in [0.25, 0.3) is 0 Å². The van der Waals surface area contributed by atoms with E-state index in [2.05, 4.69) is 0 Å². The third-order valence-corrected chi connectivity index (χ3v) is 3.14. The molecule has 1 aliphatic carbocycles. The zero-order chi connectivity index (χ0) is 11.8. The van der Waals surface area contributed by atoms with Gasteiger partial charge in [0.1, 0.15) is 11.6 Å². The van der Waals surface area contributed by atoms with Crippen molar-refractivity contribution in [2.45, 2.75) is 18.8 Å². The van der Waals surface area contributed by atoms with Crippen molar-refractivity contribution < 1.29 is 4.42 Å². The van der Waals surface area contributed by atoms with Crippen LogP contribution in [0.3, 0.4) is 0 Å². The molecular formula is C14H14N2O. The number of amidine groups is 1. The summed E-state index contributed by atoms with van der Waals surface area (Å²) in [6.45, 7) is 0. The van der Waals surface area contributed by atoms with Crippen LogP contribution in [0.2, 0.25) is 0 Å². The summed E-state index contributed by atoms with van der Waals surface area (Å²) in [6.07, 6.45) is 4.11. The number of nitrogens with one attached hydrogen (secondary N) is 1. The van der Waals surface area contributed by atoms with Gasteiger partial charge in [-0.2, -0.15) is 0 Å². The predicted molar refractivity (Wildman–Crippen MR) is 67.1 cm³/mol. The Morgan fingerprint density at radius 1 is 1.24 bits per heavy atom. The van der Waals surface area contributed by atoms with E-state index in [1.807, 2.05) is 30.3 Å². The van der Waals surface area contributed by atoms with Gasteiger partial charge in [0.15, 0.2) is 0 Å². The number of hydrogen-bond acceptors (Lipinski definition) is 2. The van der Waals surface area contributed by atoms with E-state index in [1.165, 1.54) is 12.8 Å². The zero-order valence-electron chi connectivity index (χ0n) is 9.44. The van der Waals surface area contributed by atoms with Crippen LogP contribution in [0.1, 0.15) is 29.9 Å². The van der Waals surface area contributed by atoms with Gasteiger partial charge in [-0.1, -0.05) is 30.3 Å². The number of benzene rings is 1. The molecule has 1 heterocycles. The van der Waals surface area contributed by atoms with Crippen molar-refractivity contribution in [1.29, 1.82) is 5.41 Å². The summed E-state index contributed by atoms with van der Waals surface area (Å²) in [5.41, 5.74) is 8.53. The van der Waals surface area contributed by atoms with Crippen molar-refractivity contribution >= 4 is 5.84 Å². The summed E-state index contributed by atoms with van der Waals surface area (Å²) in [7, 11) is 0. The minimum Gasteiger partial charge on any atom is -0.463 e. The van der Waals surface area contributed by atoms with Gasteiger partial charge >= 0.3 is 0 Å². The standard InChI is InChI=1S/C14H14N2O/c15-14(16)12-11(9-6-7-9)8-17-13(12)10-4-2-1-3-5-10/h1-5,8-9H,6-7H2,(H3,15,16). The molecule has 3 rings (SSSR count). The van der Waals surface area contributed by atoms with Crippen LogP contribution in [0.4, 0.5) is 0 Å². The molecule has 1 aromatic carbocycles. The molecule has 0 unspecified atom stereocenters. The molecule has 0 saturated heterocycles. The van der Waals surface area contributed by atoms with Crippen LogP contribution >= 0.6 is 0 Å². The highest BCUT2D eigenvalue weighted by Crippen LogP contribution is 2.44. The maximum Gasteiger partial charge on any atom is 0.145 e. The summed E-state index contributed by atoms with van der Waals surface area (Å²) >= 11 is 0. The van der Waals surface area contributed by atoms with Crippen LogP contribution < -0.4 is 5.73 Å². The number of rotatable bonds is 3. The molecule has 2 aromatic rings. The Kier molecular flexibility index (Phi) is 2.25. The van der Waals surface area contributed by atoms with Crippen molar-refractivity contribution in [3.63, 3.8) is 0 Å². The first-order valence-corrected chi connectivity index (χ1v) is 5.78. The highest BCUT2D eigenvalue weighted by molar-refractivity contribution is 6.02. The first-order chi connectivity index (χ1) is 8.27. The summed E-state index contributed by atoms with van der Waals surface area (Å²) in [5.74, 6) is 1.36. The van der Waals surface area contributed by atoms with Gasteiger partial charge in [-0.3, -0.25) is 5.41 Å². The summed E-state index contributed by atoms with van der Waals surface area (Å²) < 4.78 is 5.62. The molecule has 86 valence electrons. The highest BCUT2D eigenvalue weighted by atomic mass is 16.3. The smallest absolute Gasteiger partial charge is 0.145 e. The fourth-order valence-electron chi connectivity index (χ4n) is 2.15. The Hall–Kier alpha value is -2.03. The summed E-state index contributed by atoms with van der Waals surface area (Å²) in [6, 6.07) is 9.82. The normalized spacial score (nSPS) is 14.8. The van der Waals surface area contributed by atoms with Gasteiger partial charge in [0, 0.05) is 11.1 Å². The molecule has 3 N–H and O–H groups in total. The largest absolute Gasteiger partial charge is 0.463 e. The second-order valence-electron chi connectivity index (χ2n) is 4.45. The van der Waals surface area contributed by atoms with E-state index >= 15 is 0 Å². The molecule has 0 radical (unpaired) electrons. The topological polar surface area (TPSA) is 63.0 Å². The van der Waals surface area contributed by atoms with Gasteiger partial charge in [0.2, 0.25) is 0 Å². The molecule has 1 aromatic heterocycles. The molecule has 0 amide bonds. The summed E-state index contributed by atoms with van der Waals surface area (Å²) in [4.78, 5) is 0. The first kappa shape index (κ1) is 10.1. The SMILES string of the molecule is N=C(N)c1c(C2CC2)coc1-c1ccccc1. The summed E-state index contributed by atoms with van der Waals surface area (Å²) in [5, 5.41) is 7.72. The van der Waals surface area contributed by atoms with E-state index in [9.17, 15) is 0 Å². The molecule has 3 nitrogen and oxygen atoms in total. The van der Waals surface area contributed by atoms with Crippen molar-refractivity contribution in [1.82, 2.24) is 0 Å². The van der Waals surface area contributed by atoms with Gasteiger partial charge in [-0.15, -0.1) is 0 Å². The van der Waals surface area contributed by atoms with E-state index in [0.29, 0.717) is 5.92 Å². The quantitative estimate of drug-likeness (QED) is 0.624. The third kappa shape index (κ3) is 1.73. The van der Waals surface area contributed by atoms with E-state index in [-0.39, 0.29) is 5.84 Å². The van der Waals surface area contributed by atoms with E-state index in [1.54, 1.807) is 6.26 Å². The Morgan fingerprint density at radius 2 is 1.94 bits per heavy atom. The fourth-order valence-corrected chi connectivity index (χ4v) is 2.15. The lowest BCUT2D eigenvalue weighted by Crippen LogP contribution is -2.13. The highest BCUT2D eigenvalue weighted by Gasteiger charge is 2.30. The van der Waals surface area contributed by atoms with E-state index in [0.717, 1.165) is 22.5 Å². The number of nitrogen functional groups attached to an aromatic ring is 1. The predicted octanol–water partition coefficient (Wildman–Crippen LogP) is 3.11. The van der Waals surface area contributed by atoms with Crippen LogP contribution in [0.5, 0.6) is 0 Å². The van der Waals surface area contributed by atoms with E-state index < -0.39 is 0 Å². The van der Waals surface area contributed by atoms with Gasteiger partial charge in [-0.05, 0) is 18.8 Å². The Bertz CT molecular complexity index is 553. The monoisotopic (exact) mass is 226 g/mol. The molecule has 1 aliphatic rings. The van der Waals surface area contributed by atoms with E-state index in [4.69, 9.17) is 15.6 Å². The molecular weight excluding hydrogens is 212 g/mol. The molecule has 0 spiro atoms. The Morgan fingerprint density at radius 3 is 2.53 bits per heavy atom. The average Bonchev–Trinajstić information content (AvgIpc) is 3.08. The second-order valence-corrected chi connectivity index (χ2v) is 4.45. The van der Waals surface area contributed by atoms with Crippen molar-refractivity contribution in [3.05, 3.63) is 47.7 Å². The van der Waals surface area contributed by atoms with Crippen molar-refractivity contribution in [2.75, 3.05) is 0 Å². The molecule has 1 saturated carbocycles. The van der Waals surface area contributed by atoms with Crippen LogP contribution in [-0.4, -0.2) is 5.84 Å². The lowest BCUT2D eigenvalue weighted by atomic mass is 10.0. The first-order valence-electron chi connectivity index (χ1n) is 5.78. The van der Waals surface area contributed by atoms with Gasteiger partial charge in [0.05, 0.1) is 11.8 Å². The van der Waals surface area contributed by atoms with Crippen LogP contribution in [0.15, 0.2) is 41.0 Å². The minimum absolute atomic E-state index is 0.0968. The Labute approximate surface area is 99.8 Å². The fraction of sp³-hybridized carbons (Fsp3) is 0.214. The number of nitrogens with two attached hydrogens (primary N) is 1. The maximum atomic E-state index is 7.72. The van der Waals surface area contributed by atoms with Crippen LogP contribution in [0.25, 0.3) is 11.3 Å². The van der Waals surface area contributed by atoms with Crippen molar-refractivity contribution in [3.8, 4) is 11.3 Å². The molecule has 1 fully saturated rings. The molecule has 0 bridgehead atoms. The zero-order valence-corrected chi connectivity index (χ0v) is 9.44. The third-order valence-electron chi connectivity index (χ3n) is 3.14. The molecule has 0 aliphatic heterocycles. The maximum absolute atomic E-state index is 7.72. The molecule has 3 heteroatoms.